The molecule has 0 spiro atoms. The van der Waals surface area contributed by atoms with Crippen LogP contribution in [-0.4, -0.2) is 27.7 Å². The van der Waals surface area contributed by atoms with Gasteiger partial charge < -0.3 is 15.2 Å². The van der Waals surface area contributed by atoms with E-state index in [1.54, 1.807) is 10.9 Å². The van der Waals surface area contributed by atoms with Crippen molar-refractivity contribution in [2.24, 2.45) is 7.05 Å². The van der Waals surface area contributed by atoms with Crippen LogP contribution in [0.4, 0.5) is 5.69 Å². The quantitative estimate of drug-likeness (QED) is 0.888. The van der Waals surface area contributed by atoms with Crippen LogP contribution in [0.15, 0.2) is 24.5 Å². The number of carbonyl (C=O) groups is 1. The second-order valence-electron chi connectivity index (χ2n) is 4.77. The number of hydrogen-bond acceptors (Lipinski definition) is 4. The monoisotopic (exact) mass is 273 g/mol. The molecule has 0 fully saturated rings. The molecule has 2 aromatic rings. The van der Waals surface area contributed by atoms with Gasteiger partial charge in [0.05, 0.1) is 6.04 Å². The molecule has 1 amide bonds. The Morgan fingerprint density at radius 1 is 1.40 bits per heavy atom. The summed E-state index contributed by atoms with van der Waals surface area (Å²) in [7, 11) is 3.70. The summed E-state index contributed by atoms with van der Waals surface area (Å²) in [5.74, 6) is 0.614. The lowest BCUT2D eigenvalue weighted by atomic mass is 10.1. The Labute approximate surface area is 118 Å². The van der Waals surface area contributed by atoms with E-state index in [2.05, 4.69) is 20.8 Å². The lowest BCUT2D eigenvalue weighted by molar-refractivity contribution is 0.0937. The number of benzene rings is 1. The highest BCUT2D eigenvalue weighted by Gasteiger charge is 2.16. The van der Waals surface area contributed by atoms with Crippen molar-refractivity contribution >= 4 is 11.6 Å². The minimum Gasteiger partial charge on any atom is -0.388 e. The lowest BCUT2D eigenvalue weighted by Crippen LogP contribution is -2.29. The molecule has 1 aromatic heterocycles. The second kappa shape index (κ2) is 5.73. The average Bonchev–Trinajstić information content (AvgIpc) is 2.84. The van der Waals surface area contributed by atoms with Crippen LogP contribution in [0.2, 0.25) is 0 Å². The number of aryl methyl sites for hydroxylation is 2. The fraction of sp³-hybridized carbons (Fsp3) is 0.357. The van der Waals surface area contributed by atoms with Gasteiger partial charge in [0.1, 0.15) is 6.33 Å². The first-order valence-corrected chi connectivity index (χ1v) is 6.46. The highest BCUT2D eigenvalue weighted by molar-refractivity contribution is 5.96. The van der Waals surface area contributed by atoms with Gasteiger partial charge in [0, 0.05) is 25.3 Å². The van der Waals surface area contributed by atoms with Gasteiger partial charge in [-0.05, 0) is 37.6 Å². The first-order valence-electron chi connectivity index (χ1n) is 6.46. The Hall–Kier alpha value is -2.37. The predicted molar refractivity (Wildman–Crippen MR) is 77.6 cm³/mol. The molecular formula is C14H19N5O. The summed E-state index contributed by atoms with van der Waals surface area (Å²) in [6.45, 7) is 3.81. The molecule has 6 nitrogen and oxygen atoms in total. The molecule has 0 aliphatic carbocycles. The molecule has 1 aromatic carbocycles. The number of nitrogens with one attached hydrogen (secondary N) is 2. The zero-order valence-corrected chi connectivity index (χ0v) is 12.1. The maximum Gasteiger partial charge on any atom is 0.252 e. The van der Waals surface area contributed by atoms with Crippen LogP contribution < -0.4 is 10.6 Å². The van der Waals surface area contributed by atoms with Crippen molar-refractivity contribution < 1.29 is 4.79 Å². The summed E-state index contributed by atoms with van der Waals surface area (Å²) in [5, 5.41) is 13.8. The van der Waals surface area contributed by atoms with Crippen molar-refractivity contribution in [3.05, 3.63) is 41.5 Å². The highest BCUT2D eigenvalue weighted by Crippen LogP contribution is 2.16. The molecule has 2 N–H and O–H groups in total. The van der Waals surface area contributed by atoms with Gasteiger partial charge in [-0.25, -0.2) is 0 Å². The first-order chi connectivity index (χ1) is 9.52. The Morgan fingerprint density at radius 2 is 2.15 bits per heavy atom. The number of amides is 1. The molecule has 106 valence electrons. The zero-order chi connectivity index (χ0) is 14.7. The third kappa shape index (κ3) is 2.79. The van der Waals surface area contributed by atoms with Crippen LogP contribution in [0, 0.1) is 6.92 Å². The van der Waals surface area contributed by atoms with Gasteiger partial charge in [-0.2, -0.15) is 0 Å². The van der Waals surface area contributed by atoms with Crippen molar-refractivity contribution in [3.8, 4) is 0 Å². The van der Waals surface area contributed by atoms with Crippen LogP contribution in [0.5, 0.6) is 0 Å². The largest absolute Gasteiger partial charge is 0.388 e. The van der Waals surface area contributed by atoms with E-state index < -0.39 is 0 Å². The summed E-state index contributed by atoms with van der Waals surface area (Å²) in [6.07, 6.45) is 1.62. The Morgan fingerprint density at radius 3 is 2.70 bits per heavy atom. The Bertz CT molecular complexity index is 620. The summed E-state index contributed by atoms with van der Waals surface area (Å²) in [4.78, 5) is 12.3. The molecule has 1 heterocycles. The summed E-state index contributed by atoms with van der Waals surface area (Å²) in [6, 6.07) is 5.45. The number of hydrogen-bond donors (Lipinski definition) is 2. The number of carbonyl (C=O) groups excluding carboxylic acids is 1. The molecule has 1 atom stereocenters. The van der Waals surface area contributed by atoms with Crippen LogP contribution in [0.1, 0.15) is 34.7 Å². The molecular weight excluding hydrogens is 254 g/mol. The minimum absolute atomic E-state index is 0.111. The van der Waals surface area contributed by atoms with Crippen LogP contribution >= 0.6 is 0 Å². The van der Waals surface area contributed by atoms with E-state index in [-0.39, 0.29) is 11.9 Å². The van der Waals surface area contributed by atoms with Gasteiger partial charge in [0.2, 0.25) is 0 Å². The van der Waals surface area contributed by atoms with Gasteiger partial charge >= 0.3 is 0 Å². The van der Waals surface area contributed by atoms with Gasteiger partial charge in [-0.15, -0.1) is 10.2 Å². The maximum atomic E-state index is 12.3. The van der Waals surface area contributed by atoms with E-state index in [9.17, 15) is 4.79 Å². The topological polar surface area (TPSA) is 71.8 Å². The van der Waals surface area contributed by atoms with E-state index in [4.69, 9.17) is 0 Å². The zero-order valence-electron chi connectivity index (χ0n) is 12.1. The standard InChI is InChI=1S/C14H19N5O/c1-9-7-11(15-3)5-6-12(9)14(20)17-10(2)13-18-16-8-19(13)4/h5-8,10,15H,1-4H3,(H,17,20). The lowest BCUT2D eigenvalue weighted by Gasteiger charge is -2.14. The van der Waals surface area contributed by atoms with Gasteiger partial charge in [-0.3, -0.25) is 4.79 Å². The minimum atomic E-state index is -0.196. The van der Waals surface area contributed by atoms with E-state index in [1.165, 1.54) is 0 Å². The average molecular weight is 273 g/mol. The van der Waals surface area contributed by atoms with E-state index in [1.807, 2.05) is 46.1 Å². The molecule has 0 radical (unpaired) electrons. The van der Waals surface area contributed by atoms with Crippen LogP contribution in [0.25, 0.3) is 0 Å². The maximum absolute atomic E-state index is 12.3. The van der Waals surface area contributed by atoms with Crippen LogP contribution in [-0.2, 0) is 7.05 Å². The molecule has 0 bridgehead atoms. The number of aromatic nitrogens is 3. The van der Waals surface area contributed by atoms with E-state index in [0.717, 1.165) is 17.1 Å². The van der Waals surface area contributed by atoms with Crippen LogP contribution in [0.3, 0.4) is 0 Å². The summed E-state index contributed by atoms with van der Waals surface area (Å²) in [5.41, 5.74) is 2.58. The van der Waals surface area contributed by atoms with Gasteiger partial charge in [0.25, 0.3) is 5.91 Å². The molecule has 0 aliphatic heterocycles. The van der Waals surface area contributed by atoms with Crippen molar-refractivity contribution in [1.29, 1.82) is 0 Å². The summed E-state index contributed by atoms with van der Waals surface area (Å²) >= 11 is 0. The molecule has 20 heavy (non-hydrogen) atoms. The molecule has 0 saturated heterocycles. The molecule has 0 aliphatic rings. The van der Waals surface area contributed by atoms with Crippen molar-refractivity contribution in [2.75, 3.05) is 12.4 Å². The van der Waals surface area contributed by atoms with Crippen molar-refractivity contribution in [3.63, 3.8) is 0 Å². The van der Waals surface area contributed by atoms with E-state index >= 15 is 0 Å². The highest BCUT2D eigenvalue weighted by atomic mass is 16.1. The SMILES string of the molecule is CNc1ccc(C(=O)NC(C)c2nncn2C)c(C)c1. The number of anilines is 1. The summed E-state index contributed by atoms with van der Waals surface area (Å²) < 4.78 is 1.79. The Balaban J connectivity index is 2.14. The Kier molecular flexibility index (Phi) is 4.02. The fourth-order valence-corrected chi connectivity index (χ4v) is 2.10. The smallest absolute Gasteiger partial charge is 0.252 e. The fourth-order valence-electron chi connectivity index (χ4n) is 2.10. The third-order valence-corrected chi connectivity index (χ3v) is 3.24. The van der Waals surface area contributed by atoms with Gasteiger partial charge in [-0.1, -0.05) is 0 Å². The predicted octanol–water partition coefficient (Wildman–Crippen LogP) is 1.66. The first kappa shape index (κ1) is 14.0. The normalized spacial score (nSPS) is 12.0. The third-order valence-electron chi connectivity index (χ3n) is 3.24. The molecule has 6 heteroatoms. The molecule has 0 saturated carbocycles. The van der Waals surface area contributed by atoms with Crippen molar-refractivity contribution in [2.45, 2.75) is 19.9 Å². The number of rotatable bonds is 4. The molecule has 1 unspecified atom stereocenters. The second-order valence-corrected chi connectivity index (χ2v) is 4.77. The van der Waals surface area contributed by atoms with Gasteiger partial charge in [0.15, 0.2) is 5.82 Å². The molecule has 2 rings (SSSR count). The van der Waals surface area contributed by atoms with Crippen molar-refractivity contribution in [1.82, 2.24) is 20.1 Å². The number of nitrogens with zero attached hydrogens (tertiary/aromatic N) is 3. The van der Waals surface area contributed by atoms with E-state index in [0.29, 0.717) is 5.56 Å².